The molecule has 0 aromatic rings. The van der Waals surface area contributed by atoms with Gasteiger partial charge in [-0.25, -0.2) is 0 Å². The van der Waals surface area contributed by atoms with Gasteiger partial charge in [-0.1, -0.05) is 0 Å². The van der Waals surface area contributed by atoms with Crippen molar-refractivity contribution in [2.75, 3.05) is 0 Å². The molecule has 560 valence electrons. The molecule has 0 unspecified atom stereocenters. The molecule has 84 heavy (non-hydrogen) atoms. The van der Waals surface area contributed by atoms with Crippen molar-refractivity contribution in [2.45, 2.75) is 0 Å². The van der Waals surface area contributed by atoms with Crippen molar-refractivity contribution in [3.05, 3.63) is 0 Å². The van der Waals surface area contributed by atoms with Crippen LogP contribution in [0.2, 0.25) is 0 Å². The molecule has 0 fully saturated rings. The van der Waals surface area contributed by atoms with Crippen molar-refractivity contribution in [2.24, 2.45) is 0 Å². The average molecular weight is 3360 g/mol. The van der Waals surface area contributed by atoms with Crippen LogP contribution < -0.4 is 0 Å². The Morgan fingerprint density at radius 2 is 0.190 bits per heavy atom. The van der Waals surface area contributed by atoms with Gasteiger partial charge >= 0.3 is 510 Å². The summed E-state index contributed by atoms with van der Waals surface area (Å²) in [5, 5.41) is 0. The zero-order chi connectivity index (χ0) is 73.0. The third kappa shape index (κ3) is 62.9. The normalized spacial score (nSPS) is 25.3. The van der Waals surface area contributed by atoms with Gasteiger partial charge in [-0.3, -0.25) is 0 Å². The summed E-state index contributed by atoms with van der Waals surface area (Å²) in [6.45, 7) is 0. The Morgan fingerprint density at radius 3 is 0.214 bits per heavy atom. The van der Waals surface area contributed by atoms with E-state index in [9.17, 15) is 152 Å². The molecule has 0 aromatic heterocycles. The molecule has 0 aliphatic rings. The molecule has 0 bridgehead atoms. The van der Waals surface area contributed by atoms with Crippen LogP contribution in [0.3, 0.4) is 0 Å². The summed E-state index contributed by atoms with van der Waals surface area (Å²) in [6.07, 6.45) is -3.25. The third-order valence-corrected chi connectivity index (χ3v) is 101. The molecule has 0 radical (unpaired) electrons. The quantitative estimate of drug-likeness (QED) is 0.0867. The molecule has 0 rings (SSSR count). The van der Waals surface area contributed by atoms with Crippen molar-refractivity contribution in [3.63, 3.8) is 0 Å². The van der Waals surface area contributed by atoms with E-state index in [0.29, 0.717) is 0 Å². The van der Waals surface area contributed by atoms with Crippen LogP contribution in [-0.4, -0.2) is 226 Å². The second-order valence-corrected chi connectivity index (χ2v) is 205. The number of halogens is 60. The molecular weight excluding hydrogens is 3360 g/mol. The summed E-state index contributed by atoms with van der Waals surface area (Å²) in [5.41, 5.74) is 0. The Hall–Kier alpha value is 9.93. The van der Waals surface area contributed by atoms with Crippen LogP contribution in [0.5, 0.6) is 0 Å². The van der Waals surface area contributed by atoms with Crippen molar-refractivity contribution in [1.82, 2.24) is 0 Å². The molecule has 0 aliphatic heterocycles. The predicted molar refractivity (Wildman–Crippen MR) is 220 cm³/mol. The van der Waals surface area contributed by atoms with E-state index >= 15 is 0 Å². The van der Waals surface area contributed by atoms with Gasteiger partial charge in [0.1, 0.15) is 0 Å². The van der Waals surface area contributed by atoms with Crippen LogP contribution in [0.25, 0.3) is 0 Å². The van der Waals surface area contributed by atoms with Gasteiger partial charge in [-0.05, 0) is 0 Å². The van der Waals surface area contributed by atoms with E-state index in [1.165, 1.54) is 0 Å². The fourth-order valence-electron chi connectivity index (χ4n) is 3.08. The summed E-state index contributed by atoms with van der Waals surface area (Å²) >= 11 is -164. The number of hydrogen-bond donors (Lipinski definition) is 0. The molecule has 0 spiro atoms. The maximum absolute atomic E-state index is 17.3. The summed E-state index contributed by atoms with van der Waals surface area (Å²) < 4.78 is 646. The summed E-state index contributed by atoms with van der Waals surface area (Å²) in [6, 6.07) is 0. The first-order chi connectivity index (χ1) is 31.0. The van der Waals surface area contributed by atoms with Crippen molar-refractivity contribution in [3.8, 4) is 0 Å². The topological polar surface area (TPSA) is 92.3 Å². The van der Waals surface area contributed by atoms with Gasteiger partial charge in [0.2, 0.25) is 0 Å². The maximum atomic E-state index is 14.8. The number of hydrogen-bond acceptors (Lipinski definition) is 10. The fourth-order valence-corrected chi connectivity index (χ4v) is 157. The van der Waals surface area contributed by atoms with Gasteiger partial charge in [0.15, 0.2) is 0 Å². The van der Waals surface area contributed by atoms with Gasteiger partial charge in [0.05, 0.1) is 0 Å². The Morgan fingerprint density at radius 1 is 0.155 bits per heavy atom. The minimum absolute atomic E-state index is 0.732. The van der Waals surface area contributed by atoms with Crippen molar-refractivity contribution < 1.29 is 172 Å². The first-order valence-corrected chi connectivity index (χ1v) is 111. The van der Waals surface area contributed by atoms with E-state index in [2.05, 4.69) is 111 Å². The zero-order valence-corrected chi connectivity index (χ0v) is 76.1. The Kier molecular flexibility index (Phi) is 20.9. The monoisotopic (exact) mass is 3380 g/mol. The first-order valence-electron chi connectivity index (χ1n) is 12.9. The minimum atomic E-state index is -17.3. The molecule has 0 heterocycles. The van der Waals surface area contributed by atoms with E-state index in [0.717, 1.165) is 0 Å². The Bertz CT molecular complexity index is 2090. The molecule has 0 amide bonds. The van der Waals surface area contributed by atoms with Gasteiger partial charge in [-0.15, -0.1) is 0 Å². The van der Waals surface area contributed by atoms with Gasteiger partial charge in [0, 0.05) is 0 Å². The molecule has 0 saturated heterocycles. The number of rotatable bonds is 20. The average Bonchev–Trinajstić information content (AvgIpc) is 2.43. The molecule has 0 N–H and O–H groups in total. The molecule has 84 heteroatoms. The van der Waals surface area contributed by atoms with Crippen LogP contribution in [-0.2, 0) is 20.9 Å². The second-order valence-electron chi connectivity index (χ2n) is 12.7. The summed E-state index contributed by atoms with van der Waals surface area (Å²) in [4.78, 5) is 0. The third-order valence-electron chi connectivity index (χ3n) is 2.91. The van der Waals surface area contributed by atoms with E-state index < -0.39 is 247 Å². The van der Waals surface area contributed by atoms with Crippen LogP contribution in [0.15, 0.2) is 0 Å². The van der Waals surface area contributed by atoms with E-state index in [4.69, 9.17) is 0 Å². The molecule has 0 atom stereocenters. The Balaban J connectivity index is -0.000000653. The fraction of sp³-hybridized carbons (Fsp3) is 0. The molecular formula is As4Br8F52O10Te10. The van der Waals surface area contributed by atoms with Gasteiger partial charge < -0.3 is 0 Å². The Labute approximate surface area is 499 Å². The summed E-state index contributed by atoms with van der Waals surface area (Å²) in [7, 11) is 0. The molecule has 0 aromatic carbocycles. The SMILES string of the molecule is Br[As+](Br)(Br)Br.Br[As+](Br)(Br)Br.F[As-](O[Te](F)(F)(F)(F)F)(O[Te](F)(F)(F)(F)F)(O[Te](F)(F)(F)(F)F)(O[Te](F)(F)(F)(F)F)O[Te](F)(F)(F)(F)F.F[As-](O[Te](F)(F)(F)(F)F)(O[Te](F)(F)(F)(F)F)(O[Te](F)(F)(F)(F)F)(O[Te](F)(F)(F)(F)F)O[Te](F)(F)(F)(F)F. The van der Waals surface area contributed by atoms with E-state index in [1.54, 1.807) is 0 Å². The molecule has 0 aliphatic carbocycles. The van der Waals surface area contributed by atoms with Crippen molar-refractivity contribution in [1.29, 1.82) is 0 Å². The molecule has 10 nitrogen and oxygen atoms in total. The van der Waals surface area contributed by atoms with Crippen molar-refractivity contribution >= 4 is 338 Å². The van der Waals surface area contributed by atoms with Crippen LogP contribution >= 0.6 is 111 Å². The van der Waals surface area contributed by atoms with Crippen LogP contribution in [0.4, 0.5) is 152 Å². The van der Waals surface area contributed by atoms with Crippen LogP contribution in [0, 0.1) is 0 Å². The van der Waals surface area contributed by atoms with Crippen LogP contribution in [0.1, 0.15) is 0 Å². The zero-order valence-electron chi connectivity index (χ0n) is 32.6. The molecule has 0 saturated carbocycles. The first kappa shape index (κ1) is 100. The predicted octanol–water partition coefficient (Wildman–Crippen LogP) is 22.6. The standard InChI is InChI=1S/2AsBr4.2AsF26O5Te5/c2*2-1(3,4)5;2*2-1(28-33(3,4,5,6)7,29-34(8,9,10,11)12,30-35(13,14,15,16)17,31-36(18,19,20,21)22)32-37(23,24,25,26)27/q2*+1;2*-1. The van der Waals surface area contributed by atoms with E-state index in [-0.39, 0.29) is 0 Å². The summed E-state index contributed by atoms with van der Waals surface area (Å²) in [5.74, 6) is 0. The van der Waals surface area contributed by atoms with Gasteiger partial charge in [0.25, 0.3) is 0 Å². The second kappa shape index (κ2) is 17.5. The van der Waals surface area contributed by atoms with Gasteiger partial charge in [-0.2, -0.15) is 0 Å². The van der Waals surface area contributed by atoms with E-state index in [1.807, 2.05) is 0 Å².